The molecule has 2 nitrogen and oxygen atoms in total. The highest BCUT2D eigenvalue weighted by Gasteiger charge is 2.33. The lowest BCUT2D eigenvalue weighted by molar-refractivity contribution is -0.136. The highest BCUT2D eigenvalue weighted by molar-refractivity contribution is 5.70. The topological polar surface area (TPSA) is 28.1 Å². The predicted molar refractivity (Wildman–Crippen MR) is 67.8 cm³/mol. The normalized spacial score (nSPS) is 10.8. The van der Waals surface area contributed by atoms with Crippen molar-refractivity contribution in [3.05, 3.63) is 64.8 Å². The fourth-order valence-electron chi connectivity index (χ4n) is 1.83. The minimum absolute atomic E-state index is 0.123. The van der Waals surface area contributed by atoms with Crippen molar-refractivity contribution in [1.82, 2.24) is 0 Å². The van der Waals surface area contributed by atoms with E-state index in [0.717, 1.165) is 18.2 Å². The minimum Gasteiger partial charge on any atom is -0.238 e. The summed E-state index contributed by atoms with van der Waals surface area (Å²) in [6.07, 6.45) is -4.67. The molecule has 2 rings (SSSR count). The van der Waals surface area contributed by atoms with Crippen molar-refractivity contribution in [2.75, 3.05) is 0 Å². The van der Waals surface area contributed by atoms with Gasteiger partial charge in [-0.1, -0.05) is 24.3 Å². The summed E-state index contributed by atoms with van der Waals surface area (Å²) < 4.78 is 52.1. The van der Waals surface area contributed by atoms with Crippen LogP contribution in [0.5, 0.6) is 0 Å². The molecule has 0 unspecified atom stereocenters. The van der Waals surface area contributed by atoms with Crippen LogP contribution in [-0.2, 0) is 6.18 Å². The fraction of sp³-hybridized carbons (Fsp3) is 0.0667. The lowest BCUT2D eigenvalue weighted by Crippen LogP contribution is -2.05. The number of hydrogen-bond acceptors (Lipinski definition) is 1. The SMILES string of the molecule is [C-]#[N+]c1ccc(-c2ccc(C#N)c(F)c2)cc1C(F)(F)F. The molecule has 0 bridgehead atoms. The molecule has 2 aromatic carbocycles. The van der Waals surface area contributed by atoms with Crippen molar-refractivity contribution < 1.29 is 17.6 Å². The van der Waals surface area contributed by atoms with Crippen LogP contribution in [0.4, 0.5) is 23.2 Å². The molecule has 0 aromatic heterocycles. The molecule has 0 fully saturated rings. The molecule has 0 atom stereocenters. The summed E-state index contributed by atoms with van der Waals surface area (Å²) in [7, 11) is 0. The number of nitriles is 1. The second kappa shape index (κ2) is 5.26. The van der Waals surface area contributed by atoms with Crippen molar-refractivity contribution in [3.63, 3.8) is 0 Å². The molecular weight excluding hydrogens is 284 g/mol. The van der Waals surface area contributed by atoms with Crippen LogP contribution in [0, 0.1) is 23.7 Å². The Morgan fingerprint density at radius 2 is 1.67 bits per heavy atom. The van der Waals surface area contributed by atoms with Crippen molar-refractivity contribution in [3.8, 4) is 17.2 Å². The highest BCUT2D eigenvalue weighted by atomic mass is 19.4. The molecule has 21 heavy (non-hydrogen) atoms. The lowest BCUT2D eigenvalue weighted by atomic mass is 10.0. The molecule has 104 valence electrons. The Morgan fingerprint density at radius 1 is 1.05 bits per heavy atom. The van der Waals surface area contributed by atoms with E-state index in [0.29, 0.717) is 0 Å². The maximum Gasteiger partial charge on any atom is 0.407 e. The first-order valence-electron chi connectivity index (χ1n) is 5.65. The van der Waals surface area contributed by atoms with E-state index in [4.69, 9.17) is 11.8 Å². The third-order valence-corrected chi connectivity index (χ3v) is 2.85. The molecule has 0 spiro atoms. The molecule has 6 heteroatoms. The molecule has 0 aliphatic carbocycles. The number of halogens is 4. The quantitative estimate of drug-likeness (QED) is 0.540. The highest BCUT2D eigenvalue weighted by Crippen LogP contribution is 2.39. The summed E-state index contributed by atoms with van der Waals surface area (Å²) in [5.41, 5.74) is -1.45. The van der Waals surface area contributed by atoms with E-state index in [-0.39, 0.29) is 16.7 Å². The summed E-state index contributed by atoms with van der Waals surface area (Å²) in [5.74, 6) is -0.808. The molecule has 0 aliphatic heterocycles. The smallest absolute Gasteiger partial charge is 0.238 e. The van der Waals surface area contributed by atoms with Gasteiger partial charge < -0.3 is 0 Å². The fourth-order valence-corrected chi connectivity index (χ4v) is 1.83. The summed E-state index contributed by atoms with van der Waals surface area (Å²) in [6, 6.07) is 8.33. The van der Waals surface area contributed by atoms with Gasteiger partial charge in [0.15, 0.2) is 5.69 Å². The average molecular weight is 290 g/mol. The summed E-state index contributed by atoms with van der Waals surface area (Å²) in [4.78, 5) is 2.83. The molecule has 0 saturated carbocycles. The zero-order valence-electron chi connectivity index (χ0n) is 10.4. The third kappa shape index (κ3) is 2.85. The van der Waals surface area contributed by atoms with Crippen molar-refractivity contribution in [1.29, 1.82) is 5.26 Å². The Bertz CT molecular complexity index is 780. The van der Waals surface area contributed by atoms with Gasteiger partial charge in [0.25, 0.3) is 0 Å². The monoisotopic (exact) mass is 290 g/mol. The van der Waals surface area contributed by atoms with E-state index >= 15 is 0 Å². The maximum absolute atomic E-state index is 13.5. The first-order chi connectivity index (χ1) is 9.86. The van der Waals surface area contributed by atoms with Crippen molar-refractivity contribution in [2.24, 2.45) is 0 Å². The van der Waals surface area contributed by atoms with Crippen LogP contribution in [0.15, 0.2) is 36.4 Å². The number of nitrogens with zero attached hydrogens (tertiary/aromatic N) is 2. The molecule has 2 aromatic rings. The summed E-state index contributed by atoms with van der Waals surface area (Å²) in [6.45, 7) is 6.76. The Morgan fingerprint density at radius 3 is 2.19 bits per heavy atom. The van der Waals surface area contributed by atoms with Gasteiger partial charge in [0.05, 0.1) is 17.7 Å². The zero-order valence-corrected chi connectivity index (χ0v) is 10.4. The Hall–Kier alpha value is -2.86. The molecule has 0 aliphatic rings. The molecule has 0 N–H and O–H groups in total. The zero-order chi connectivity index (χ0) is 15.6. The molecule has 0 heterocycles. The first-order valence-corrected chi connectivity index (χ1v) is 5.65. The van der Waals surface area contributed by atoms with E-state index in [1.807, 2.05) is 0 Å². The predicted octanol–water partition coefficient (Wildman–Crippen LogP) is 4.93. The Balaban J connectivity index is 2.59. The number of benzene rings is 2. The van der Waals surface area contributed by atoms with Gasteiger partial charge in [-0.3, -0.25) is 0 Å². The number of hydrogen-bond donors (Lipinski definition) is 0. The van der Waals surface area contributed by atoms with Crippen LogP contribution in [-0.4, -0.2) is 0 Å². The van der Waals surface area contributed by atoms with Crippen LogP contribution in [0.3, 0.4) is 0 Å². The average Bonchev–Trinajstić information content (AvgIpc) is 2.45. The van der Waals surface area contributed by atoms with Gasteiger partial charge in [0, 0.05) is 0 Å². The molecular formula is C15H6F4N2. The maximum atomic E-state index is 13.5. The van der Waals surface area contributed by atoms with E-state index in [9.17, 15) is 17.6 Å². The summed E-state index contributed by atoms with van der Waals surface area (Å²) in [5, 5.41) is 8.63. The minimum atomic E-state index is -4.67. The van der Waals surface area contributed by atoms with Gasteiger partial charge in [0.2, 0.25) is 0 Å². The van der Waals surface area contributed by atoms with Crippen LogP contribution < -0.4 is 0 Å². The van der Waals surface area contributed by atoms with E-state index < -0.39 is 23.2 Å². The van der Waals surface area contributed by atoms with Crippen molar-refractivity contribution >= 4 is 5.69 Å². The summed E-state index contributed by atoms with van der Waals surface area (Å²) >= 11 is 0. The van der Waals surface area contributed by atoms with Crippen molar-refractivity contribution in [2.45, 2.75) is 6.18 Å². The van der Waals surface area contributed by atoms with Crippen LogP contribution >= 0.6 is 0 Å². The Labute approximate surface area is 117 Å². The van der Waals surface area contributed by atoms with E-state index in [2.05, 4.69) is 4.85 Å². The Kier molecular flexibility index (Phi) is 3.64. The van der Waals surface area contributed by atoms with Gasteiger partial charge in [-0.25, -0.2) is 9.24 Å². The molecule has 0 radical (unpaired) electrons. The van der Waals surface area contributed by atoms with Gasteiger partial charge in [-0.15, -0.1) is 0 Å². The molecule has 0 saturated heterocycles. The van der Waals surface area contributed by atoms with Gasteiger partial charge in [-0.05, 0) is 23.3 Å². The second-order valence-electron chi connectivity index (χ2n) is 4.15. The first kappa shape index (κ1) is 14.5. The second-order valence-corrected chi connectivity index (χ2v) is 4.15. The van der Waals surface area contributed by atoms with Gasteiger partial charge in [-0.2, -0.15) is 18.4 Å². The van der Waals surface area contributed by atoms with Gasteiger partial charge in [0.1, 0.15) is 11.9 Å². The third-order valence-electron chi connectivity index (χ3n) is 2.85. The van der Waals surface area contributed by atoms with Crippen LogP contribution in [0.25, 0.3) is 16.0 Å². The largest absolute Gasteiger partial charge is 0.407 e. The number of rotatable bonds is 1. The molecule has 0 amide bonds. The lowest BCUT2D eigenvalue weighted by Gasteiger charge is -2.11. The van der Waals surface area contributed by atoms with Crippen LogP contribution in [0.1, 0.15) is 11.1 Å². The van der Waals surface area contributed by atoms with Crippen LogP contribution in [0.2, 0.25) is 0 Å². The number of alkyl halides is 3. The standard InChI is InChI=1S/C15H6F4N2/c1-21-14-5-4-9(6-12(14)15(17,18)19)10-2-3-11(8-20)13(16)7-10/h2-7H. The van der Waals surface area contributed by atoms with E-state index in [1.54, 1.807) is 6.07 Å². The van der Waals surface area contributed by atoms with Gasteiger partial charge >= 0.3 is 6.18 Å². The van der Waals surface area contributed by atoms with E-state index in [1.165, 1.54) is 18.2 Å².